The topological polar surface area (TPSA) is 174 Å². The van der Waals surface area contributed by atoms with Gasteiger partial charge < -0.3 is 26.4 Å². The lowest BCUT2D eigenvalue weighted by atomic mass is 10.0. The Morgan fingerprint density at radius 2 is 1.78 bits per heavy atom. The van der Waals surface area contributed by atoms with Crippen molar-refractivity contribution in [2.45, 2.75) is 81.3 Å². The lowest BCUT2D eigenvalue weighted by Crippen LogP contribution is -2.55. The number of nitrogens with zero attached hydrogens (tertiary/aromatic N) is 1. The molecule has 12 nitrogen and oxygen atoms in total. The summed E-state index contributed by atoms with van der Waals surface area (Å²) < 4.78 is 0. The lowest BCUT2D eigenvalue weighted by Gasteiger charge is -2.26. The Morgan fingerprint density at radius 1 is 1.08 bits per heavy atom. The molecular weight excluding hydrogens is 490 g/mol. The van der Waals surface area contributed by atoms with Gasteiger partial charge in [0.15, 0.2) is 0 Å². The Bertz CT molecular complexity index is 909. The molecule has 0 aromatic rings. The number of imide groups is 1. The Balaban J connectivity index is 1.43. The molecule has 5 atom stereocenters. The van der Waals surface area contributed by atoms with Crippen LogP contribution in [-0.4, -0.2) is 87.4 Å². The van der Waals surface area contributed by atoms with Crippen molar-refractivity contribution < 1.29 is 33.9 Å². The monoisotopic (exact) mass is 523 g/mol. The number of carboxylic acid groups (broad SMARTS) is 1. The maximum absolute atomic E-state index is 12.6. The number of unbranched alkanes of at least 4 members (excludes halogenated alkanes) is 1. The molecule has 3 aliphatic rings. The molecule has 2 fully saturated rings. The number of rotatable bonds is 14. The second-order valence-corrected chi connectivity index (χ2v) is 10.4. The number of fused-ring (bicyclic) bond motifs is 1. The molecule has 0 aromatic heterocycles. The highest BCUT2D eigenvalue weighted by molar-refractivity contribution is 8.00. The molecule has 3 unspecified atom stereocenters. The summed E-state index contributed by atoms with van der Waals surface area (Å²) in [5, 5.41) is 21.0. The highest BCUT2D eigenvalue weighted by Gasteiger charge is 2.42. The van der Waals surface area contributed by atoms with E-state index in [-0.39, 0.29) is 43.4 Å². The number of hydrogen-bond acceptors (Lipinski definition) is 7. The Kier molecular flexibility index (Phi) is 9.73. The second kappa shape index (κ2) is 12.7. The quantitative estimate of drug-likeness (QED) is 0.119. The molecule has 6 amide bonds. The van der Waals surface area contributed by atoms with Crippen LogP contribution in [0.4, 0.5) is 4.79 Å². The molecule has 0 aliphatic carbocycles. The zero-order chi connectivity index (χ0) is 26.2. The van der Waals surface area contributed by atoms with E-state index < -0.39 is 35.8 Å². The van der Waals surface area contributed by atoms with Gasteiger partial charge in [0.2, 0.25) is 11.8 Å². The van der Waals surface area contributed by atoms with Crippen molar-refractivity contribution in [1.29, 1.82) is 0 Å². The fourth-order valence-corrected chi connectivity index (χ4v) is 6.17. The summed E-state index contributed by atoms with van der Waals surface area (Å²) in [6, 6.07) is -2.00. The lowest BCUT2D eigenvalue weighted by molar-refractivity contribution is -0.144. The highest BCUT2D eigenvalue weighted by atomic mass is 32.2. The summed E-state index contributed by atoms with van der Waals surface area (Å²) in [4.78, 5) is 72.4. The third-order valence-electron chi connectivity index (χ3n) is 6.47. The average molecular weight is 524 g/mol. The maximum Gasteiger partial charge on any atom is 0.328 e. The summed E-state index contributed by atoms with van der Waals surface area (Å²) in [5.74, 6) is -2.37. The van der Waals surface area contributed by atoms with E-state index in [2.05, 4.69) is 21.3 Å². The van der Waals surface area contributed by atoms with Crippen molar-refractivity contribution in [3.05, 3.63) is 12.2 Å². The number of amides is 6. The first-order valence-corrected chi connectivity index (χ1v) is 13.3. The van der Waals surface area contributed by atoms with Crippen LogP contribution in [-0.2, 0) is 24.0 Å². The first kappa shape index (κ1) is 27.5. The summed E-state index contributed by atoms with van der Waals surface area (Å²) in [6.07, 6.45) is 5.43. The van der Waals surface area contributed by atoms with E-state index in [1.54, 1.807) is 0 Å². The van der Waals surface area contributed by atoms with Gasteiger partial charge in [-0.2, -0.15) is 11.8 Å². The number of thioether (sulfide) groups is 1. The summed E-state index contributed by atoms with van der Waals surface area (Å²) in [6.45, 7) is 1.69. The summed E-state index contributed by atoms with van der Waals surface area (Å²) >= 11 is 1.81. The van der Waals surface area contributed by atoms with E-state index in [4.69, 9.17) is 0 Å². The van der Waals surface area contributed by atoms with E-state index >= 15 is 0 Å². The molecule has 36 heavy (non-hydrogen) atoms. The molecule has 2 saturated heterocycles. The molecule has 3 rings (SSSR count). The van der Waals surface area contributed by atoms with Crippen molar-refractivity contribution in [1.82, 2.24) is 26.2 Å². The van der Waals surface area contributed by atoms with Crippen LogP contribution in [0.5, 0.6) is 0 Å². The minimum Gasteiger partial charge on any atom is -0.480 e. The van der Waals surface area contributed by atoms with Crippen LogP contribution in [0.25, 0.3) is 0 Å². The van der Waals surface area contributed by atoms with Crippen LogP contribution in [0, 0.1) is 0 Å². The van der Waals surface area contributed by atoms with Crippen molar-refractivity contribution in [3.8, 4) is 0 Å². The Labute approximate surface area is 213 Å². The minimum atomic E-state index is -1.34. The molecule has 0 aromatic carbocycles. The third kappa shape index (κ3) is 7.21. The van der Waals surface area contributed by atoms with Gasteiger partial charge in [-0.05, 0) is 19.3 Å². The fourth-order valence-electron chi connectivity index (χ4n) is 4.63. The zero-order valence-corrected chi connectivity index (χ0v) is 21.0. The largest absolute Gasteiger partial charge is 0.480 e. The molecule has 13 heteroatoms. The van der Waals surface area contributed by atoms with Crippen molar-refractivity contribution in [2.24, 2.45) is 0 Å². The first-order valence-electron chi connectivity index (χ1n) is 12.2. The maximum atomic E-state index is 12.6. The molecule has 0 radical (unpaired) electrons. The van der Waals surface area contributed by atoms with Crippen LogP contribution < -0.4 is 21.3 Å². The molecule has 0 spiro atoms. The number of urea groups is 1. The van der Waals surface area contributed by atoms with Gasteiger partial charge in [-0.15, -0.1) is 0 Å². The van der Waals surface area contributed by atoms with Crippen molar-refractivity contribution >= 4 is 47.4 Å². The van der Waals surface area contributed by atoms with Gasteiger partial charge in [0, 0.05) is 42.5 Å². The zero-order valence-electron chi connectivity index (χ0n) is 20.2. The van der Waals surface area contributed by atoms with Gasteiger partial charge in [-0.1, -0.05) is 19.8 Å². The van der Waals surface area contributed by atoms with Crippen LogP contribution in [0.15, 0.2) is 12.2 Å². The number of aliphatic carboxylic acids is 1. The minimum absolute atomic E-state index is 0.114. The number of carbonyl (C=O) groups is 6. The molecular formula is C23H33N5O7S. The first-order chi connectivity index (χ1) is 17.2. The smallest absolute Gasteiger partial charge is 0.328 e. The van der Waals surface area contributed by atoms with Gasteiger partial charge in [-0.25, -0.2) is 9.59 Å². The molecule has 198 valence electrons. The SMILES string of the molecule is CCCC(NC(=O)CCCC[C@@H]1SCC2NC(=O)NC21)[C@H](NC(=O)CCN1C(=O)C=CC1=O)C(=O)O. The summed E-state index contributed by atoms with van der Waals surface area (Å²) in [5.41, 5.74) is 0. The Morgan fingerprint density at radius 3 is 2.44 bits per heavy atom. The van der Waals surface area contributed by atoms with E-state index in [9.17, 15) is 33.9 Å². The normalized spacial score (nSPS) is 24.2. The highest BCUT2D eigenvalue weighted by Crippen LogP contribution is 2.33. The third-order valence-corrected chi connectivity index (χ3v) is 7.98. The van der Waals surface area contributed by atoms with Gasteiger partial charge in [0.1, 0.15) is 6.04 Å². The average Bonchev–Trinajstić information content (AvgIpc) is 3.47. The van der Waals surface area contributed by atoms with E-state index in [0.717, 1.165) is 35.6 Å². The van der Waals surface area contributed by atoms with Gasteiger partial charge in [0.05, 0.1) is 18.1 Å². The fraction of sp³-hybridized carbons (Fsp3) is 0.652. The van der Waals surface area contributed by atoms with Crippen LogP contribution in [0.2, 0.25) is 0 Å². The van der Waals surface area contributed by atoms with E-state index in [0.29, 0.717) is 24.5 Å². The van der Waals surface area contributed by atoms with Crippen molar-refractivity contribution in [2.75, 3.05) is 12.3 Å². The van der Waals surface area contributed by atoms with E-state index in [1.165, 1.54) is 0 Å². The van der Waals surface area contributed by atoms with Crippen LogP contribution in [0.3, 0.4) is 0 Å². The molecule has 0 saturated carbocycles. The van der Waals surface area contributed by atoms with Crippen LogP contribution >= 0.6 is 11.8 Å². The van der Waals surface area contributed by atoms with Gasteiger partial charge in [0.25, 0.3) is 11.8 Å². The Hall–Kier alpha value is -3.09. The van der Waals surface area contributed by atoms with Crippen molar-refractivity contribution in [3.63, 3.8) is 0 Å². The summed E-state index contributed by atoms with van der Waals surface area (Å²) in [7, 11) is 0. The number of carboxylic acids is 1. The molecule has 3 aliphatic heterocycles. The number of nitrogens with one attached hydrogen (secondary N) is 4. The molecule has 3 heterocycles. The van der Waals surface area contributed by atoms with Crippen LogP contribution in [0.1, 0.15) is 51.9 Å². The van der Waals surface area contributed by atoms with Gasteiger partial charge in [-0.3, -0.25) is 24.1 Å². The van der Waals surface area contributed by atoms with Gasteiger partial charge >= 0.3 is 12.0 Å². The predicted octanol–water partition coefficient (Wildman–Crippen LogP) is -0.118. The van der Waals surface area contributed by atoms with E-state index in [1.807, 2.05) is 18.7 Å². The predicted molar refractivity (Wildman–Crippen MR) is 131 cm³/mol. The second-order valence-electron chi connectivity index (χ2n) is 9.13. The molecule has 0 bridgehead atoms. The standard InChI is InChI=1S/C23H33N5O7S/c1-2-5-13(21(22(33)34)26-17(30)10-11-28-18(31)8-9-19(28)32)24-16(29)7-4-3-6-15-20-14(12-36-15)25-23(35)27-20/h8-9,13-15,20-21H,2-7,10-12H2,1H3,(H,24,29)(H,26,30)(H,33,34)(H2,25,27,35)/t13?,14?,15-,20?,21-/m0/s1. The number of carbonyl (C=O) groups excluding carboxylic acids is 5. The molecule has 5 N–H and O–H groups in total. The number of hydrogen-bond donors (Lipinski definition) is 5.